The van der Waals surface area contributed by atoms with E-state index < -0.39 is 0 Å². The molecule has 0 N–H and O–H groups in total. The number of hydrogen-bond donors (Lipinski definition) is 0. The van der Waals surface area contributed by atoms with E-state index in [-0.39, 0.29) is 55.6 Å². The van der Waals surface area contributed by atoms with Crippen LogP contribution in [0.25, 0.3) is 11.1 Å². The van der Waals surface area contributed by atoms with Crippen molar-refractivity contribution >= 4 is 68.6 Å². The number of para-hydroxylation sites is 1. The van der Waals surface area contributed by atoms with Gasteiger partial charge in [0.05, 0.1) is 11.2 Å². The fraction of sp³-hybridized carbons (Fsp3) is 0.407. The molecule has 3 nitrogen and oxygen atoms in total. The van der Waals surface area contributed by atoms with Gasteiger partial charge < -0.3 is 14.7 Å². The minimum absolute atomic E-state index is 0.00798. The van der Waals surface area contributed by atoms with Crippen molar-refractivity contribution in [3.8, 4) is 11.1 Å². The van der Waals surface area contributed by atoms with Crippen LogP contribution >= 0.6 is 0 Å². The lowest BCUT2D eigenvalue weighted by atomic mass is 9.32. The van der Waals surface area contributed by atoms with Gasteiger partial charge in [0.25, 0.3) is 6.71 Å². The van der Waals surface area contributed by atoms with E-state index >= 15 is 0 Å². The Labute approximate surface area is 510 Å². The lowest BCUT2D eigenvalue weighted by Gasteiger charge is -2.51. The summed E-state index contributed by atoms with van der Waals surface area (Å²) in [7, 11) is 0. The molecule has 2 unspecified atom stereocenters. The van der Waals surface area contributed by atoms with E-state index in [0.717, 1.165) is 19.3 Å². The Morgan fingerprint density at radius 1 is 0.400 bits per heavy atom. The van der Waals surface area contributed by atoms with Gasteiger partial charge in [-0.3, -0.25) is 0 Å². The largest absolute Gasteiger partial charge is 0.334 e. The van der Waals surface area contributed by atoms with Gasteiger partial charge in [0.2, 0.25) is 0 Å². The molecule has 0 spiro atoms. The van der Waals surface area contributed by atoms with Crippen molar-refractivity contribution in [3.05, 3.63) is 207 Å². The molecule has 0 bridgehead atoms. The average Bonchev–Trinajstić information content (AvgIpc) is 1.45. The molecule has 2 atom stereocenters. The van der Waals surface area contributed by atoms with Crippen LogP contribution in [0.5, 0.6) is 0 Å². The summed E-state index contributed by atoms with van der Waals surface area (Å²) in [6.45, 7) is 44.7. The van der Waals surface area contributed by atoms with Crippen molar-refractivity contribution in [2.75, 3.05) is 14.7 Å². The molecular weight excluding hydrogens is 1030 g/mol. The third kappa shape index (κ3) is 7.33. The van der Waals surface area contributed by atoms with Crippen molar-refractivity contribution < 1.29 is 0 Å². The fourth-order valence-corrected chi connectivity index (χ4v) is 19.5. The van der Waals surface area contributed by atoms with Crippen molar-refractivity contribution in [3.63, 3.8) is 0 Å². The Bertz CT molecular complexity index is 4200. The zero-order valence-electron chi connectivity index (χ0n) is 54.5. The second kappa shape index (κ2) is 17.3. The van der Waals surface area contributed by atoms with E-state index in [1.54, 1.807) is 0 Å². The van der Waals surface area contributed by atoms with E-state index in [9.17, 15) is 0 Å². The molecule has 85 heavy (non-hydrogen) atoms. The first-order valence-electron chi connectivity index (χ1n) is 32.4. The molecule has 0 amide bonds. The van der Waals surface area contributed by atoms with Crippen molar-refractivity contribution in [2.45, 2.75) is 212 Å². The molecule has 8 aromatic carbocycles. The van der Waals surface area contributed by atoms with Gasteiger partial charge in [-0.25, -0.2) is 0 Å². The summed E-state index contributed by atoms with van der Waals surface area (Å²) < 4.78 is 0. The van der Waals surface area contributed by atoms with E-state index in [2.05, 4.69) is 285 Å². The molecule has 8 aromatic rings. The lowest BCUT2D eigenvalue weighted by molar-refractivity contribution is 0.195. The summed E-state index contributed by atoms with van der Waals surface area (Å²) in [5.74, 6) is 0. The summed E-state index contributed by atoms with van der Waals surface area (Å²) in [6, 6.07) is 59.2. The molecule has 4 heteroatoms. The standard InChI is InChI=1S/C81H90BN3/c1-49-38-57-59(76(9,10)47-74(57,5)6)44-67(49)84-68-45-60-58(75(7,8)48-77(60,11)12)42-63(68)82-64-43-61-62(79(15,16)55-31-23-22-30-54(55)78(61,13)14)46-69(64)83(65-35-34-51(73(2,3)4)39-53(65)50-28-20-19-21-29-50)70-40-52(41-71(84)72(70)82)85-66-33-25-24-32-56(66)80(17)36-26-27-37-81(80,85)18/h19-25,28-35,38-46H,26-27,36-37,47-48H2,1-18H3. The van der Waals surface area contributed by atoms with Crippen LogP contribution in [0.4, 0.5) is 45.5 Å². The highest BCUT2D eigenvalue weighted by Gasteiger charge is 2.59. The zero-order chi connectivity index (χ0) is 59.9. The van der Waals surface area contributed by atoms with Crippen LogP contribution in [0.3, 0.4) is 0 Å². The molecule has 1 fully saturated rings. The highest BCUT2D eigenvalue weighted by atomic mass is 15.3. The Morgan fingerprint density at radius 2 is 0.871 bits per heavy atom. The summed E-state index contributed by atoms with van der Waals surface area (Å²) in [4.78, 5) is 8.48. The third-order valence-electron chi connectivity index (χ3n) is 23.7. The monoisotopic (exact) mass is 1120 g/mol. The normalized spacial score (nSPS) is 23.2. The van der Waals surface area contributed by atoms with Gasteiger partial charge in [0.1, 0.15) is 0 Å². The molecule has 7 aliphatic rings. The molecule has 0 saturated heterocycles. The van der Waals surface area contributed by atoms with Crippen molar-refractivity contribution in [2.24, 2.45) is 0 Å². The molecule has 15 rings (SSSR count). The minimum Gasteiger partial charge on any atom is -0.334 e. The molecule has 432 valence electrons. The molecule has 0 radical (unpaired) electrons. The number of hydrogen-bond acceptors (Lipinski definition) is 3. The van der Waals surface area contributed by atoms with Crippen molar-refractivity contribution in [1.82, 2.24) is 0 Å². The van der Waals surface area contributed by atoms with Gasteiger partial charge in [0, 0.05) is 61.6 Å². The van der Waals surface area contributed by atoms with E-state index in [1.807, 2.05) is 0 Å². The van der Waals surface area contributed by atoms with Gasteiger partial charge in [-0.05, 0) is 198 Å². The number of nitrogens with zero attached hydrogens (tertiary/aromatic N) is 3. The molecule has 3 heterocycles. The van der Waals surface area contributed by atoms with E-state index in [1.165, 1.54) is 153 Å². The smallest absolute Gasteiger partial charge is 0.252 e. The van der Waals surface area contributed by atoms with Gasteiger partial charge in [-0.1, -0.05) is 221 Å². The predicted molar refractivity (Wildman–Crippen MR) is 364 cm³/mol. The zero-order valence-corrected chi connectivity index (χ0v) is 54.5. The van der Waals surface area contributed by atoms with Gasteiger partial charge in [-0.2, -0.15) is 0 Å². The number of benzene rings is 8. The molecule has 4 aliphatic carbocycles. The van der Waals surface area contributed by atoms with Crippen LogP contribution in [-0.4, -0.2) is 12.3 Å². The van der Waals surface area contributed by atoms with Gasteiger partial charge >= 0.3 is 0 Å². The SMILES string of the molecule is Cc1cc2c(cc1N1c3cc4c(cc3B3c5cc6c(cc5N(c5ccc(C(C)(C)C)cc5-c5ccccc5)c5cc(N7c8ccccc8C8(C)CCCCC78C)cc1c53)C(C)(C)c1ccccc1C6(C)C)C(C)(C)CC4(C)C)C(C)(C)CC2(C)C. The molecule has 3 aliphatic heterocycles. The third-order valence-corrected chi connectivity index (χ3v) is 23.7. The Hall–Kier alpha value is -6.78. The second-order valence-electron chi connectivity index (χ2n) is 32.8. The van der Waals surface area contributed by atoms with Crippen LogP contribution in [0.1, 0.15) is 217 Å². The summed E-state index contributed by atoms with van der Waals surface area (Å²) >= 11 is 0. The highest BCUT2D eigenvalue weighted by Crippen LogP contribution is 2.63. The first-order valence-corrected chi connectivity index (χ1v) is 32.4. The van der Waals surface area contributed by atoms with Crippen molar-refractivity contribution in [1.29, 1.82) is 0 Å². The van der Waals surface area contributed by atoms with Crippen LogP contribution in [0.2, 0.25) is 0 Å². The number of aryl methyl sites for hydroxylation is 1. The Morgan fingerprint density at radius 3 is 1.46 bits per heavy atom. The Kier molecular flexibility index (Phi) is 11.1. The quantitative estimate of drug-likeness (QED) is 0.163. The maximum atomic E-state index is 2.86. The van der Waals surface area contributed by atoms with Gasteiger partial charge in [0.15, 0.2) is 0 Å². The van der Waals surface area contributed by atoms with E-state index in [0.29, 0.717) is 0 Å². The second-order valence-corrected chi connectivity index (χ2v) is 32.8. The Balaban J connectivity index is 1.14. The van der Waals surface area contributed by atoms with E-state index in [4.69, 9.17) is 0 Å². The first kappa shape index (κ1) is 54.8. The molecule has 1 saturated carbocycles. The first-order chi connectivity index (χ1) is 39.9. The van der Waals surface area contributed by atoms with Crippen LogP contribution in [0, 0.1) is 6.92 Å². The lowest BCUT2D eigenvalue weighted by Crippen LogP contribution is -2.62. The van der Waals surface area contributed by atoms with Crippen LogP contribution in [-0.2, 0) is 43.3 Å². The maximum Gasteiger partial charge on any atom is 0.252 e. The number of anilines is 8. The minimum atomic E-state index is -0.266. The predicted octanol–water partition coefficient (Wildman–Crippen LogP) is 19.7. The average molecular weight is 1120 g/mol. The number of fused-ring (bicyclic) bond motifs is 11. The topological polar surface area (TPSA) is 9.72 Å². The fourth-order valence-electron chi connectivity index (χ4n) is 19.5. The molecule has 0 aromatic heterocycles. The molecular formula is C81H90BN3. The number of rotatable bonds is 4. The van der Waals surface area contributed by atoms with Crippen LogP contribution in [0.15, 0.2) is 146 Å². The van der Waals surface area contributed by atoms with Gasteiger partial charge in [-0.15, -0.1) is 0 Å². The summed E-state index contributed by atoms with van der Waals surface area (Å²) in [5.41, 5.74) is 32.2. The maximum absolute atomic E-state index is 2.86. The summed E-state index contributed by atoms with van der Waals surface area (Å²) in [5, 5.41) is 0. The van der Waals surface area contributed by atoms with Crippen LogP contribution < -0.4 is 31.1 Å². The summed E-state index contributed by atoms with van der Waals surface area (Å²) in [6.07, 6.45) is 6.99. The highest BCUT2D eigenvalue weighted by molar-refractivity contribution is 7.00.